The van der Waals surface area contributed by atoms with E-state index in [0.717, 1.165) is 12.0 Å². The van der Waals surface area contributed by atoms with Crippen LogP contribution in [-0.2, 0) is 6.42 Å². The summed E-state index contributed by atoms with van der Waals surface area (Å²) >= 11 is 0. The zero-order valence-corrected chi connectivity index (χ0v) is 13.9. The molecule has 0 spiro atoms. The normalized spacial score (nSPS) is 23.5. The molecule has 1 fully saturated rings. The molecule has 0 bridgehead atoms. The average Bonchev–Trinajstić information content (AvgIpc) is 2.99. The number of piperazine rings is 1. The Morgan fingerprint density at radius 2 is 1.68 bits per heavy atom. The largest absolute Gasteiger partial charge is 0.387 e. The van der Waals surface area contributed by atoms with Gasteiger partial charge in [0.15, 0.2) is 0 Å². The predicted molar refractivity (Wildman–Crippen MR) is 92.8 cm³/mol. The van der Waals surface area contributed by atoms with E-state index >= 15 is 0 Å². The maximum atomic E-state index is 13.8. The van der Waals surface area contributed by atoms with Crippen molar-refractivity contribution in [1.29, 1.82) is 0 Å². The van der Waals surface area contributed by atoms with Crippen LogP contribution in [0.15, 0.2) is 48.5 Å². The molecular formula is C20H21FN2O2. The van der Waals surface area contributed by atoms with Crippen molar-refractivity contribution in [1.82, 2.24) is 9.80 Å². The number of carbonyl (C=O) groups excluding carboxylic acids is 1. The van der Waals surface area contributed by atoms with Gasteiger partial charge in [-0.3, -0.25) is 9.69 Å². The minimum atomic E-state index is -0.481. The lowest BCUT2D eigenvalue weighted by atomic mass is 10.1. The maximum absolute atomic E-state index is 13.8. The minimum Gasteiger partial charge on any atom is -0.387 e. The second kappa shape index (κ2) is 6.58. The van der Waals surface area contributed by atoms with E-state index in [0.29, 0.717) is 26.2 Å². The van der Waals surface area contributed by atoms with E-state index < -0.39 is 11.9 Å². The van der Waals surface area contributed by atoms with E-state index in [1.165, 1.54) is 17.7 Å². The maximum Gasteiger partial charge on any atom is 0.256 e. The summed E-state index contributed by atoms with van der Waals surface area (Å²) in [5.41, 5.74) is 2.34. The Bertz CT molecular complexity index is 787. The van der Waals surface area contributed by atoms with Crippen molar-refractivity contribution < 1.29 is 14.3 Å². The van der Waals surface area contributed by atoms with Crippen molar-refractivity contribution in [2.24, 2.45) is 0 Å². The van der Waals surface area contributed by atoms with E-state index in [2.05, 4.69) is 11.0 Å². The Morgan fingerprint density at radius 3 is 2.40 bits per heavy atom. The van der Waals surface area contributed by atoms with E-state index in [9.17, 15) is 14.3 Å². The summed E-state index contributed by atoms with van der Waals surface area (Å²) in [5, 5.41) is 10.6. The molecule has 0 unspecified atom stereocenters. The van der Waals surface area contributed by atoms with Gasteiger partial charge >= 0.3 is 0 Å². The van der Waals surface area contributed by atoms with Crippen LogP contribution in [0, 0.1) is 5.82 Å². The van der Waals surface area contributed by atoms with Gasteiger partial charge in [0.05, 0.1) is 11.7 Å². The highest BCUT2D eigenvalue weighted by Crippen LogP contribution is 2.34. The summed E-state index contributed by atoms with van der Waals surface area (Å²) in [5.74, 6) is -0.732. The summed E-state index contributed by atoms with van der Waals surface area (Å²) in [4.78, 5) is 16.5. The van der Waals surface area contributed by atoms with Crippen molar-refractivity contribution in [2.45, 2.75) is 18.6 Å². The molecule has 1 N–H and O–H groups in total. The van der Waals surface area contributed by atoms with Gasteiger partial charge in [0.25, 0.3) is 5.91 Å². The number of amides is 1. The molecule has 4 nitrogen and oxygen atoms in total. The van der Waals surface area contributed by atoms with Gasteiger partial charge in [0, 0.05) is 32.2 Å². The molecule has 0 saturated carbocycles. The fraction of sp³-hybridized carbons (Fsp3) is 0.350. The molecule has 2 atom stereocenters. The standard InChI is InChI=1S/C20H21FN2O2/c21-17-8-4-3-7-16(17)20(25)23-11-9-22(10-12-23)18-13-14-5-1-2-6-15(14)19(18)24/h1-8,18-19,24H,9-13H2/t18-,19+/m0/s1. The fourth-order valence-corrected chi connectivity index (χ4v) is 3.94. The number of fused-ring (bicyclic) bond motifs is 1. The van der Waals surface area contributed by atoms with Gasteiger partial charge in [0.1, 0.15) is 5.82 Å². The lowest BCUT2D eigenvalue weighted by Crippen LogP contribution is -2.53. The molecule has 4 rings (SSSR count). The molecule has 2 aromatic carbocycles. The summed E-state index contributed by atoms with van der Waals surface area (Å²) in [6.07, 6.45) is 0.350. The monoisotopic (exact) mass is 340 g/mol. The SMILES string of the molecule is O=C(c1ccccc1F)N1CCN([C@H]2Cc3ccccc3[C@H]2O)CC1. The van der Waals surface area contributed by atoms with Crippen molar-refractivity contribution >= 4 is 5.91 Å². The van der Waals surface area contributed by atoms with Crippen LogP contribution < -0.4 is 0 Å². The number of halogens is 1. The van der Waals surface area contributed by atoms with Crippen LogP contribution in [0.5, 0.6) is 0 Å². The molecule has 1 heterocycles. The van der Waals surface area contributed by atoms with Crippen LogP contribution in [0.25, 0.3) is 0 Å². The molecule has 2 aromatic rings. The highest BCUT2D eigenvalue weighted by atomic mass is 19.1. The molecule has 1 aliphatic carbocycles. The zero-order valence-electron chi connectivity index (χ0n) is 13.9. The highest BCUT2D eigenvalue weighted by molar-refractivity contribution is 5.94. The Labute approximate surface area is 146 Å². The Balaban J connectivity index is 1.41. The minimum absolute atomic E-state index is 0.0584. The van der Waals surface area contributed by atoms with Gasteiger partial charge in [-0.15, -0.1) is 0 Å². The number of aliphatic hydroxyl groups is 1. The van der Waals surface area contributed by atoms with Crippen LogP contribution in [0.4, 0.5) is 4.39 Å². The number of aliphatic hydroxyl groups excluding tert-OH is 1. The molecule has 130 valence electrons. The second-order valence-corrected chi connectivity index (χ2v) is 6.72. The predicted octanol–water partition coefficient (Wildman–Crippen LogP) is 2.24. The summed E-state index contributed by atoms with van der Waals surface area (Å²) in [6, 6.07) is 14.2. The molecular weight excluding hydrogens is 319 g/mol. The van der Waals surface area contributed by atoms with Crippen molar-refractivity contribution in [3.63, 3.8) is 0 Å². The lowest BCUT2D eigenvalue weighted by molar-refractivity contribution is 0.0254. The van der Waals surface area contributed by atoms with Crippen LogP contribution in [-0.4, -0.2) is 53.0 Å². The van der Waals surface area contributed by atoms with Crippen LogP contribution in [0.1, 0.15) is 27.6 Å². The van der Waals surface area contributed by atoms with Crippen LogP contribution >= 0.6 is 0 Å². The van der Waals surface area contributed by atoms with E-state index in [4.69, 9.17) is 0 Å². The number of nitrogens with zero attached hydrogens (tertiary/aromatic N) is 2. The molecule has 1 aliphatic heterocycles. The van der Waals surface area contributed by atoms with Gasteiger partial charge in [-0.2, -0.15) is 0 Å². The third-order valence-electron chi connectivity index (χ3n) is 5.34. The topological polar surface area (TPSA) is 43.8 Å². The summed E-state index contributed by atoms with van der Waals surface area (Å²) < 4.78 is 13.8. The Kier molecular flexibility index (Phi) is 4.27. The van der Waals surface area contributed by atoms with Crippen LogP contribution in [0.3, 0.4) is 0 Å². The average molecular weight is 340 g/mol. The highest BCUT2D eigenvalue weighted by Gasteiger charge is 2.36. The Hall–Kier alpha value is -2.24. The summed E-state index contributed by atoms with van der Waals surface area (Å²) in [6.45, 7) is 2.48. The molecule has 25 heavy (non-hydrogen) atoms. The number of hydrogen-bond donors (Lipinski definition) is 1. The molecule has 1 saturated heterocycles. The smallest absolute Gasteiger partial charge is 0.256 e. The molecule has 0 radical (unpaired) electrons. The number of hydrogen-bond acceptors (Lipinski definition) is 3. The van der Waals surface area contributed by atoms with Gasteiger partial charge in [0.2, 0.25) is 0 Å². The first-order valence-corrected chi connectivity index (χ1v) is 8.69. The van der Waals surface area contributed by atoms with Crippen LogP contribution in [0.2, 0.25) is 0 Å². The third kappa shape index (κ3) is 2.94. The number of rotatable bonds is 2. The van der Waals surface area contributed by atoms with Gasteiger partial charge in [-0.05, 0) is 29.7 Å². The number of carbonyl (C=O) groups is 1. The van der Waals surface area contributed by atoms with Crippen molar-refractivity contribution in [2.75, 3.05) is 26.2 Å². The van der Waals surface area contributed by atoms with Crippen molar-refractivity contribution in [3.05, 3.63) is 71.0 Å². The quantitative estimate of drug-likeness (QED) is 0.912. The first-order valence-electron chi connectivity index (χ1n) is 8.69. The van der Waals surface area contributed by atoms with E-state index in [-0.39, 0.29) is 17.5 Å². The zero-order chi connectivity index (χ0) is 17.4. The Morgan fingerprint density at radius 1 is 1.00 bits per heavy atom. The van der Waals surface area contributed by atoms with Gasteiger partial charge in [-0.25, -0.2) is 4.39 Å². The first kappa shape index (κ1) is 16.2. The molecule has 0 aromatic heterocycles. The third-order valence-corrected chi connectivity index (χ3v) is 5.34. The lowest BCUT2D eigenvalue weighted by Gasteiger charge is -2.39. The van der Waals surface area contributed by atoms with Gasteiger partial charge < -0.3 is 10.0 Å². The fourth-order valence-electron chi connectivity index (χ4n) is 3.94. The summed E-state index contributed by atoms with van der Waals surface area (Å²) in [7, 11) is 0. The van der Waals surface area contributed by atoms with E-state index in [1.807, 2.05) is 18.2 Å². The molecule has 2 aliphatic rings. The molecule has 5 heteroatoms. The first-order chi connectivity index (χ1) is 12.1. The second-order valence-electron chi connectivity index (χ2n) is 6.72. The van der Waals surface area contributed by atoms with E-state index in [1.54, 1.807) is 17.0 Å². The number of benzene rings is 2. The van der Waals surface area contributed by atoms with Crippen molar-refractivity contribution in [3.8, 4) is 0 Å². The molecule has 1 amide bonds. The van der Waals surface area contributed by atoms with Gasteiger partial charge in [-0.1, -0.05) is 36.4 Å².